The normalized spacial score (nSPS) is 19.9. The number of nitrogens with one attached hydrogen (secondary N) is 1. The zero-order valence-electron chi connectivity index (χ0n) is 11.8. The number of likely N-dealkylation sites (tertiary alicyclic amines) is 1. The lowest BCUT2D eigenvalue weighted by Gasteiger charge is -2.20. The van der Waals surface area contributed by atoms with Crippen LogP contribution in [0, 0.1) is 5.92 Å². The highest BCUT2D eigenvalue weighted by Gasteiger charge is 2.21. The fourth-order valence-corrected chi connectivity index (χ4v) is 2.55. The molecule has 1 saturated heterocycles. The van der Waals surface area contributed by atoms with Gasteiger partial charge < -0.3 is 10.2 Å². The first-order valence-electron chi connectivity index (χ1n) is 7.80. The third-order valence-corrected chi connectivity index (χ3v) is 4.04. The van der Waals surface area contributed by atoms with Gasteiger partial charge in [0.15, 0.2) is 0 Å². The van der Waals surface area contributed by atoms with Crippen molar-refractivity contribution in [2.24, 2.45) is 5.92 Å². The molecule has 0 aromatic heterocycles. The Hall–Kier alpha value is -1.06. The largest absolute Gasteiger partial charge is 0.356 e. The van der Waals surface area contributed by atoms with Gasteiger partial charge in [-0.2, -0.15) is 0 Å². The number of carbonyl (C=O) groups is 2. The van der Waals surface area contributed by atoms with Crippen molar-refractivity contribution in [3.05, 3.63) is 0 Å². The van der Waals surface area contributed by atoms with Crippen LogP contribution in [-0.4, -0.2) is 36.3 Å². The fourth-order valence-electron chi connectivity index (χ4n) is 2.55. The first-order chi connectivity index (χ1) is 9.25. The monoisotopic (exact) mass is 266 g/mol. The maximum Gasteiger partial charge on any atom is 0.222 e. The zero-order valence-corrected chi connectivity index (χ0v) is 11.8. The molecule has 2 aliphatic rings. The Kier molecular flexibility index (Phi) is 5.67. The maximum atomic E-state index is 12.0. The molecule has 2 rings (SSSR count). The standard InChI is InChI=1S/C15H26N2O2/c18-14(16-12-13-8-9-13)6-5-7-15(19)17-10-3-1-2-4-11-17/h13H,1-12H2,(H,16,18). The molecule has 1 saturated carbocycles. The van der Waals surface area contributed by atoms with Crippen molar-refractivity contribution < 1.29 is 9.59 Å². The van der Waals surface area contributed by atoms with Gasteiger partial charge >= 0.3 is 0 Å². The molecule has 2 amide bonds. The molecule has 4 nitrogen and oxygen atoms in total. The second-order valence-electron chi connectivity index (χ2n) is 5.90. The summed E-state index contributed by atoms with van der Waals surface area (Å²) in [6.07, 6.45) is 8.97. The van der Waals surface area contributed by atoms with Crippen LogP contribution >= 0.6 is 0 Å². The number of carbonyl (C=O) groups excluding carboxylic acids is 2. The molecule has 19 heavy (non-hydrogen) atoms. The molecule has 0 atom stereocenters. The molecule has 1 aliphatic carbocycles. The second kappa shape index (κ2) is 7.51. The van der Waals surface area contributed by atoms with Crippen LogP contribution in [0.4, 0.5) is 0 Å². The summed E-state index contributed by atoms with van der Waals surface area (Å²) < 4.78 is 0. The van der Waals surface area contributed by atoms with E-state index < -0.39 is 0 Å². The van der Waals surface area contributed by atoms with Gasteiger partial charge in [0, 0.05) is 32.5 Å². The minimum absolute atomic E-state index is 0.107. The van der Waals surface area contributed by atoms with E-state index in [9.17, 15) is 9.59 Å². The number of hydrogen-bond donors (Lipinski definition) is 1. The van der Waals surface area contributed by atoms with Crippen LogP contribution < -0.4 is 5.32 Å². The van der Waals surface area contributed by atoms with Gasteiger partial charge in [0.05, 0.1) is 0 Å². The second-order valence-corrected chi connectivity index (χ2v) is 5.90. The molecule has 0 radical (unpaired) electrons. The predicted molar refractivity (Wildman–Crippen MR) is 74.6 cm³/mol. The summed E-state index contributed by atoms with van der Waals surface area (Å²) in [5.41, 5.74) is 0. The minimum atomic E-state index is 0.107. The van der Waals surface area contributed by atoms with E-state index >= 15 is 0 Å². The Bertz CT molecular complexity index is 305. The summed E-state index contributed by atoms with van der Waals surface area (Å²) in [4.78, 5) is 25.5. The van der Waals surface area contributed by atoms with Gasteiger partial charge in [0.25, 0.3) is 0 Å². The van der Waals surface area contributed by atoms with Crippen molar-refractivity contribution in [1.82, 2.24) is 10.2 Å². The van der Waals surface area contributed by atoms with Crippen LogP contribution in [0.2, 0.25) is 0 Å². The van der Waals surface area contributed by atoms with Gasteiger partial charge in [0.2, 0.25) is 11.8 Å². The number of rotatable bonds is 6. The molecular weight excluding hydrogens is 240 g/mol. The van der Waals surface area contributed by atoms with E-state index in [0.29, 0.717) is 19.3 Å². The zero-order chi connectivity index (χ0) is 13.5. The molecule has 108 valence electrons. The predicted octanol–water partition coefficient (Wildman–Crippen LogP) is 2.09. The minimum Gasteiger partial charge on any atom is -0.356 e. The Morgan fingerprint density at radius 2 is 1.68 bits per heavy atom. The van der Waals surface area contributed by atoms with Crippen LogP contribution in [-0.2, 0) is 9.59 Å². The van der Waals surface area contributed by atoms with Gasteiger partial charge in [-0.25, -0.2) is 0 Å². The van der Waals surface area contributed by atoms with Crippen molar-refractivity contribution in [1.29, 1.82) is 0 Å². The molecule has 0 bridgehead atoms. The highest BCUT2D eigenvalue weighted by atomic mass is 16.2. The van der Waals surface area contributed by atoms with Crippen molar-refractivity contribution in [3.63, 3.8) is 0 Å². The summed E-state index contributed by atoms with van der Waals surface area (Å²) in [5, 5.41) is 2.94. The lowest BCUT2D eigenvalue weighted by Crippen LogP contribution is -2.32. The number of amides is 2. The molecule has 0 spiro atoms. The topological polar surface area (TPSA) is 49.4 Å². The van der Waals surface area contributed by atoms with Crippen LogP contribution in [0.25, 0.3) is 0 Å². The van der Waals surface area contributed by atoms with Crippen molar-refractivity contribution in [3.8, 4) is 0 Å². The van der Waals surface area contributed by atoms with Crippen LogP contribution in [0.3, 0.4) is 0 Å². The summed E-state index contributed by atoms with van der Waals surface area (Å²) in [5.74, 6) is 1.06. The highest BCUT2D eigenvalue weighted by Crippen LogP contribution is 2.27. The third kappa shape index (κ3) is 5.62. The molecule has 0 aromatic carbocycles. The first kappa shape index (κ1) is 14.4. The molecule has 0 unspecified atom stereocenters. The first-order valence-corrected chi connectivity index (χ1v) is 7.80. The molecule has 4 heteroatoms. The highest BCUT2D eigenvalue weighted by molar-refractivity contribution is 5.79. The van der Waals surface area contributed by atoms with E-state index in [0.717, 1.165) is 38.4 Å². The Morgan fingerprint density at radius 1 is 1.00 bits per heavy atom. The Labute approximate surface area is 115 Å². The molecular formula is C15H26N2O2. The number of nitrogens with zero attached hydrogens (tertiary/aromatic N) is 1. The van der Waals surface area contributed by atoms with Crippen molar-refractivity contribution in [2.75, 3.05) is 19.6 Å². The van der Waals surface area contributed by atoms with Gasteiger partial charge in [-0.15, -0.1) is 0 Å². The van der Waals surface area contributed by atoms with E-state index in [1.807, 2.05) is 4.90 Å². The van der Waals surface area contributed by atoms with Crippen molar-refractivity contribution in [2.45, 2.75) is 57.8 Å². The Balaban J connectivity index is 1.55. The number of hydrogen-bond acceptors (Lipinski definition) is 2. The van der Waals surface area contributed by atoms with E-state index in [1.165, 1.54) is 25.7 Å². The maximum absolute atomic E-state index is 12.0. The Morgan fingerprint density at radius 3 is 2.32 bits per heavy atom. The smallest absolute Gasteiger partial charge is 0.222 e. The van der Waals surface area contributed by atoms with Gasteiger partial charge in [0.1, 0.15) is 0 Å². The average molecular weight is 266 g/mol. The van der Waals surface area contributed by atoms with E-state index in [2.05, 4.69) is 5.32 Å². The van der Waals surface area contributed by atoms with Crippen molar-refractivity contribution >= 4 is 11.8 Å². The summed E-state index contributed by atoms with van der Waals surface area (Å²) >= 11 is 0. The van der Waals surface area contributed by atoms with E-state index in [1.54, 1.807) is 0 Å². The summed E-state index contributed by atoms with van der Waals surface area (Å²) in [6, 6.07) is 0. The quantitative estimate of drug-likeness (QED) is 0.800. The lowest BCUT2D eigenvalue weighted by molar-refractivity contribution is -0.131. The fraction of sp³-hybridized carbons (Fsp3) is 0.867. The third-order valence-electron chi connectivity index (χ3n) is 4.04. The summed E-state index contributed by atoms with van der Waals surface area (Å²) in [6.45, 7) is 2.65. The van der Waals surface area contributed by atoms with Crippen LogP contribution in [0.1, 0.15) is 57.8 Å². The average Bonchev–Trinajstić information content (AvgIpc) is 3.23. The van der Waals surface area contributed by atoms with E-state index in [4.69, 9.17) is 0 Å². The van der Waals surface area contributed by atoms with Gasteiger partial charge in [-0.3, -0.25) is 9.59 Å². The molecule has 1 heterocycles. The molecule has 2 fully saturated rings. The SMILES string of the molecule is O=C(CCCC(=O)N1CCCCCC1)NCC1CC1. The van der Waals surface area contributed by atoms with E-state index in [-0.39, 0.29) is 11.8 Å². The van der Waals surface area contributed by atoms with Gasteiger partial charge in [-0.05, 0) is 38.0 Å². The molecule has 1 N–H and O–H groups in total. The van der Waals surface area contributed by atoms with Gasteiger partial charge in [-0.1, -0.05) is 12.8 Å². The van der Waals surface area contributed by atoms with Crippen LogP contribution in [0.15, 0.2) is 0 Å². The van der Waals surface area contributed by atoms with Crippen LogP contribution in [0.5, 0.6) is 0 Å². The summed E-state index contributed by atoms with van der Waals surface area (Å²) in [7, 11) is 0. The molecule has 1 aliphatic heterocycles. The molecule has 0 aromatic rings. The lowest BCUT2D eigenvalue weighted by atomic mass is 10.2.